The van der Waals surface area contributed by atoms with Crippen molar-refractivity contribution in [1.82, 2.24) is 9.88 Å². The first-order valence-corrected chi connectivity index (χ1v) is 10.9. The molecule has 1 N–H and O–H groups in total. The third-order valence-corrected chi connectivity index (χ3v) is 6.42. The summed E-state index contributed by atoms with van der Waals surface area (Å²) in [7, 11) is 0. The van der Waals surface area contributed by atoms with E-state index < -0.39 is 0 Å². The summed E-state index contributed by atoms with van der Waals surface area (Å²) < 4.78 is 5.48. The van der Waals surface area contributed by atoms with Crippen LogP contribution in [0.15, 0.2) is 48.5 Å². The normalized spacial score (nSPS) is 20.8. The lowest BCUT2D eigenvalue weighted by molar-refractivity contribution is -0.129. The minimum atomic E-state index is -0.182. The van der Waals surface area contributed by atoms with Gasteiger partial charge in [-0.05, 0) is 55.5 Å². The van der Waals surface area contributed by atoms with E-state index in [-0.39, 0.29) is 18.0 Å². The fourth-order valence-corrected chi connectivity index (χ4v) is 4.97. The summed E-state index contributed by atoms with van der Waals surface area (Å²) in [6.07, 6.45) is 0.818. The summed E-state index contributed by atoms with van der Waals surface area (Å²) in [6.45, 7) is 7.17. The number of aromatic nitrogens is 1. The van der Waals surface area contributed by atoms with Crippen LogP contribution in [0.25, 0.3) is 10.9 Å². The van der Waals surface area contributed by atoms with Crippen molar-refractivity contribution < 1.29 is 9.53 Å². The molecule has 1 fully saturated rings. The quantitative estimate of drug-likeness (QED) is 0.649. The molecule has 1 aromatic heterocycles. The van der Waals surface area contributed by atoms with E-state index in [0.717, 1.165) is 49.5 Å². The fourth-order valence-electron chi connectivity index (χ4n) is 4.97. The summed E-state index contributed by atoms with van der Waals surface area (Å²) in [6, 6.07) is 16.9. The van der Waals surface area contributed by atoms with Crippen molar-refractivity contribution in [3.05, 3.63) is 65.4 Å². The van der Waals surface area contributed by atoms with Gasteiger partial charge in [-0.25, -0.2) is 0 Å². The zero-order valence-corrected chi connectivity index (χ0v) is 18.0. The van der Waals surface area contributed by atoms with Crippen molar-refractivity contribution >= 4 is 22.5 Å². The number of nitrogens with zero attached hydrogens (tertiary/aromatic N) is 2. The number of rotatable bonds is 2. The van der Waals surface area contributed by atoms with Crippen LogP contribution in [-0.4, -0.2) is 48.1 Å². The number of anilines is 1. The van der Waals surface area contributed by atoms with Crippen molar-refractivity contribution in [2.45, 2.75) is 32.4 Å². The zero-order valence-electron chi connectivity index (χ0n) is 18.0. The molecule has 2 aromatic carbocycles. The molecule has 158 valence electrons. The van der Waals surface area contributed by atoms with E-state index in [4.69, 9.17) is 4.74 Å². The average Bonchev–Trinajstić information content (AvgIpc) is 3.17. The number of para-hydroxylation sites is 1. The Labute approximate surface area is 183 Å². The van der Waals surface area contributed by atoms with E-state index in [0.29, 0.717) is 0 Å². The number of morpholine rings is 1. The van der Waals surface area contributed by atoms with Crippen LogP contribution in [0.3, 0.4) is 0 Å². The fraction of sp³-hybridized carbons (Fsp3) is 0.346. The smallest absolute Gasteiger partial charge is 0.299 e. The van der Waals surface area contributed by atoms with Crippen molar-refractivity contribution in [1.29, 1.82) is 0 Å². The lowest BCUT2D eigenvalue weighted by Crippen LogP contribution is -2.45. The first-order chi connectivity index (χ1) is 15.2. The van der Waals surface area contributed by atoms with Gasteiger partial charge in [0.1, 0.15) is 0 Å². The molecule has 2 atom stereocenters. The zero-order chi connectivity index (χ0) is 21.4. The Morgan fingerprint density at radius 3 is 2.58 bits per heavy atom. The van der Waals surface area contributed by atoms with E-state index in [1.165, 1.54) is 16.6 Å². The van der Waals surface area contributed by atoms with Crippen LogP contribution in [0.5, 0.6) is 0 Å². The molecule has 0 radical (unpaired) electrons. The second kappa shape index (κ2) is 8.13. The first-order valence-electron chi connectivity index (χ1n) is 10.9. The van der Waals surface area contributed by atoms with Crippen LogP contribution >= 0.6 is 0 Å². The maximum absolute atomic E-state index is 13.0. The van der Waals surface area contributed by atoms with Gasteiger partial charge in [-0.1, -0.05) is 36.3 Å². The van der Waals surface area contributed by atoms with Crippen LogP contribution in [0.4, 0.5) is 5.69 Å². The van der Waals surface area contributed by atoms with Gasteiger partial charge < -0.3 is 19.5 Å². The van der Waals surface area contributed by atoms with Crippen LogP contribution in [-0.2, 0) is 16.0 Å². The molecule has 3 aromatic rings. The summed E-state index contributed by atoms with van der Waals surface area (Å²) in [4.78, 5) is 21.0. The number of nitrogens with one attached hydrogen (secondary N) is 1. The van der Waals surface area contributed by atoms with E-state index in [1.807, 2.05) is 11.0 Å². The van der Waals surface area contributed by atoms with Gasteiger partial charge in [0.2, 0.25) is 0 Å². The third-order valence-electron chi connectivity index (χ3n) is 6.42. The highest BCUT2D eigenvalue weighted by Crippen LogP contribution is 2.41. The second-order valence-electron chi connectivity index (χ2n) is 8.30. The Hall–Kier alpha value is -3.23. The van der Waals surface area contributed by atoms with Crippen molar-refractivity contribution in [3.63, 3.8) is 0 Å². The van der Waals surface area contributed by atoms with E-state index >= 15 is 0 Å². The molecule has 3 heterocycles. The molecular weight excluding hydrogens is 386 g/mol. The minimum Gasteiger partial charge on any atom is -0.378 e. The molecule has 2 aliphatic heterocycles. The van der Waals surface area contributed by atoms with E-state index in [9.17, 15) is 4.79 Å². The molecule has 31 heavy (non-hydrogen) atoms. The molecule has 5 nitrogen and oxygen atoms in total. The second-order valence-corrected chi connectivity index (χ2v) is 8.30. The van der Waals surface area contributed by atoms with Gasteiger partial charge in [0.25, 0.3) is 5.91 Å². The molecule has 0 bridgehead atoms. The van der Waals surface area contributed by atoms with Crippen LogP contribution in [0.1, 0.15) is 36.7 Å². The number of carbonyl (C=O) groups excluding carboxylic acids is 1. The van der Waals surface area contributed by atoms with Gasteiger partial charge in [0.15, 0.2) is 0 Å². The largest absolute Gasteiger partial charge is 0.378 e. The van der Waals surface area contributed by atoms with Gasteiger partial charge in [-0.3, -0.25) is 4.79 Å². The molecule has 0 spiro atoms. The molecule has 1 amide bonds. The molecular formula is C26H27N3O2. The highest BCUT2D eigenvalue weighted by molar-refractivity contribution is 5.95. The molecule has 2 aliphatic rings. The summed E-state index contributed by atoms with van der Waals surface area (Å²) in [5.74, 6) is 5.44. The average molecular weight is 414 g/mol. The predicted octanol–water partition coefficient (Wildman–Crippen LogP) is 3.89. The SMILES string of the molecule is CC#CC(=O)N1[C@@H](c2ccc(N3CCOCC3)cc2)c2[nH]c3ccccc3c2C[C@@H]1C. The maximum atomic E-state index is 13.0. The summed E-state index contributed by atoms with van der Waals surface area (Å²) >= 11 is 0. The maximum Gasteiger partial charge on any atom is 0.299 e. The van der Waals surface area contributed by atoms with Crippen molar-refractivity contribution in [2.75, 3.05) is 31.2 Å². The number of amides is 1. The van der Waals surface area contributed by atoms with Gasteiger partial charge in [0, 0.05) is 41.4 Å². The molecule has 1 saturated heterocycles. The summed E-state index contributed by atoms with van der Waals surface area (Å²) in [5, 5.41) is 1.24. The topological polar surface area (TPSA) is 48.6 Å². The van der Waals surface area contributed by atoms with E-state index in [1.54, 1.807) is 6.92 Å². The predicted molar refractivity (Wildman–Crippen MR) is 123 cm³/mol. The van der Waals surface area contributed by atoms with Crippen molar-refractivity contribution in [2.24, 2.45) is 0 Å². The summed E-state index contributed by atoms with van der Waals surface area (Å²) in [5.41, 5.74) is 5.82. The molecule has 5 rings (SSSR count). The van der Waals surface area contributed by atoms with Gasteiger partial charge in [-0.15, -0.1) is 0 Å². The third kappa shape index (κ3) is 3.47. The molecule has 5 heteroatoms. The molecule has 0 saturated carbocycles. The molecule has 0 unspecified atom stereocenters. The van der Waals surface area contributed by atoms with Crippen LogP contribution in [0, 0.1) is 11.8 Å². The molecule has 0 aliphatic carbocycles. The number of ether oxygens (including phenoxy) is 1. The highest BCUT2D eigenvalue weighted by Gasteiger charge is 2.38. The Kier molecular flexibility index (Phi) is 5.17. The standard InChI is InChI=1S/C26H27N3O2/c1-3-6-24(30)29-18(2)17-22-21-7-4-5-8-23(21)27-25(22)26(29)19-9-11-20(12-10-19)28-13-15-31-16-14-28/h4-5,7-12,18,26-27H,13-17H2,1-2H3/t18-,26-/m0/s1. The lowest BCUT2D eigenvalue weighted by atomic mass is 9.88. The Bertz CT molecular complexity index is 1160. The number of aromatic amines is 1. The Morgan fingerprint density at radius 1 is 1.10 bits per heavy atom. The lowest BCUT2D eigenvalue weighted by Gasteiger charge is -2.40. The minimum absolute atomic E-state index is 0.0592. The number of benzene rings is 2. The van der Waals surface area contributed by atoms with Gasteiger partial charge >= 0.3 is 0 Å². The Morgan fingerprint density at radius 2 is 1.84 bits per heavy atom. The van der Waals surface area contributed by atoms with Gasteiger partial charge in [0.05, 0.1) is 19.3 Å². The number of hydrogen-bond donors (Lipinski definition) is 1. The van der Waals surface area contributed by atoms with Crippen molar-refractivity contribution in [3.8, 4) is 11.8 Å². The number of hydrogen-bond acceptors (Lipinski definition) is 3. The number of carbonyl (C=O) groups is 1. The number of H-pyrrole nitrogens is 1. The Balaban J connectivity index is 1.60. The van der Waals surface area contributed by atoms with Crippen LogP contribution in [0.2, 0.25) is 0 Å². The highest BCUT2D eigenvalue weighted by atomic mass is 16.5. The monoisotopic (exact) mass is 413 g/mol. The number of fused-ring (bicyclic) bond motifs is 3. The van der Waals surface area contributed by atoms with Crippen LogP contribution < -0.4 is 4.90 Å². The first kappa shape index (κ1) is 19.7. The van der Waals surface area contributed by atoms with E-state index in [2.05, 4.69) is 71.1 Å². The van der Waals surface area contributed by atoms with Gasteiger partial charge in [-0.2, -0.15) is 0 Å².